The first-order valence-electron chi connectivity index (χ1n) is 4.55. The van der Waals surface area contributed by atoms with Crippen LogP contribution in [0, 0.1) is 0 Å². The maximum Gasteiger partial charge on any atom is 0.419 e. The monoisotopic (exact) mass is 228 g/mol. The molecule has 0 atom stereocenters. The van der Waals surface area contributed by atoms with E-state index in [2.05, 4.69) is 13.2 Å². The van der Waals surface area contributed by atoms with Gasteiger partial charge in [-0.2, -0.15) is 13.2 Å². The maximum absolute atomic E-state index is 12.6. The molecule has 0 aromatic heterocycles. The second kappa shape index (κ2) is 4.43. The zero-order valence-electron chi connectivity index (χ0n) is 8.77. The van der Waals surface area contributed by atoms with Crippen molar-refractivity contribution in [1.29, 1.82) is 0 Å². The lowest BCUT2D eigenvalue weighted by Gasteiger charge is -2.21. The summed E-state index contributed by atoms with van der Waals surface area (Å²) in [5.74, 6) is -0.133. The van der Waals surface area contributed by atoms with Crippen molar-refractivity contribution in [2.75, 3.05) is 0 Å². The minimum Gasteiger partial charge on any atom is -0.457 e. The normalized spacial score (nSPS) is 17.5. The van der Waals surface area contributed by atoms with E-state index in [9.17, 15) is 13.2 Å². The summed E-state index contributed by atoms with van der Waals surface area (Å²) in [4.78, 5) is 0. The van der Waals surface area contributed by atoms with Gasteiger partial charge in [0, 0.05) is 5.57 Å². The Balaban J connectivity index is 3.27. The Morgan fingerprint density at radius 2 is 2.00 bits per heavy atom. The highest BCUT2D eigenvalue weighted by molar-refractivity contribution is 5.48. The van der Waals surface area contributed by atoms with Crippen LogP contribution >= 0.6 is 0 Å². The average molecular weight is 228 g/mol. The molecule has 0 aromatic rings. The SMILES string of the molecule is C=CC1=C(/C=C\C)C=C(C(F)(F)F)C(=C)O1. The highest BCUT2D eigenvalue weighted by Crippen LogP contribution is 2.37. The summed E-state index contributed by atoms with van der Waals surface area (Å²) in [7, 11) is 0. The number of alkyl halides is 3. The number of halogens is 3. The summed E-state index contributed by atoms with van der Waals surface area (Å²) >= 11 is 0. The van der Waals surface area contributed by atoms with Crippen LogP contribution in [0.15, 0.2) is 60.1 Å². The molecule has 0 amide bonds. The molecular weight excluding hydrogens is 217 g/mol. The van der Waals surface area contributed by atoms with Crippen molar-refractivity contribution in [3.05, 3.63) is 60.1 Å². The summed E-state index contributed by atoms with van der Waals surface area (Å²) in [6, 6.07) is 0. The van der Waals surface area contributed by atoms with Gasteiger partial charge >= 0.3 is 6.18 Å². The highest BCUT2D eigenvalue weighted by Gasteiger charge is 2.38. The topological polar surface area (TPSA) is 9.23 Å². The number of rotatable bonds is 2. The summed E-state index contributed by atoms with van der Waals surface area (Å²) in [5.41, 5.74) is -0.538. The molecule has 86 valence electrons. The van der Waals surface area contributed by atoms with Crippen molar-refractivity contribution in [2.45, 2.75) is 13.1 Å². The van der Waals surface area contributed by atoms with Gasteiger partial charge < -0.3 is 4.74 Å². The molecule has 0 saturated carbocycles. The summed E-state index contributed by atoms with van der Waals surface area (Å²) < 4.78 is 42.6. The molecule has 0 aromatic carbocycles. The molecular formula is C12H11F3O. The van der Waals surface area contributed by atoms with Crippen molar-refractivity contribution >= 4 is 0 Å². The standard InChI is InChI=1S/C12H11F3O/c1-4-6-9-7-10(12(13,14)15)8(3)16-11(9)5-2/h4-7H,2-3H2,1H3/b6-4-. The van der Waals surface area contributed by atoms with E-state index in [1.807, 2.05) is 0 Å². The molecule has 0 saturated heterocycles. The van der Waals surface area contributed by atoms with Gasteiger partial charge in [0.1, 0.15) is 11.5 Å². The fourth-order valence-corrected chi connectivity index (χ4v) is 1.26. The van der Waals surface area contributed by atoms with E-state index >= 15 is 0 Å². The van der Waals surface area contributed by atoms with Crippen LogP contribution in [0.4, 0.5) is 13.2 Å². The third-order valence-corrected chi connectivity index (χ3v) is 1.95. The van der Waals surface area contributed by atoms with Crippen molar-refractivity contribution < 1.29 is 17.9 Å². The van der Waals surface area contributed by atoms with Gasteiger partial charge in [-0.1, -0.05) is 25.3 Å². The predicted octanol–water partition coefficient (Wildman–Crippen LogP) is 4.04. The fourth-order valence-electron chi connectivity index (χ4n) is 1.26. The zero-order chi connectivity index (χ0) is 12.3. The Hall–Kier alpha value is -1.71. The molecule has 1 aliphatic heterocycles. The lowest BCUT2D eigenvalue weighted by molar-refractivity contribution is -0.0933. The van der Waals surface area contributed by atoms with Gasteiger partial charge in [0.15, 0.2) is 0 Å². The molecule has 0 bridgehead atoms. The first-order chi connectivity index (χ1) is 7.40. The number of ether oxygens (including phenoxy) is 1. The van der Waals surface area contributed by atoms with E-state index in [1.54, 1.807) is 13.0 Å². The van der Waals surface area contributed by atoms with Crippen LogP contribution in [-0.4, -0.2) is 6.18 Å². The van der Waals surface area contributed by atoms with E-state index in [1.165, 1.54) is 12.2 Å². The second-order valence-electron chi connectivity index (χ2n) is 3.10. The van der Waals surface area contributed by atoms with Gasteiger partial charge in [0.05, 0.1) is 5.57 Å². The molecule has 0 N–H and O–H groups in total. The van der Waals surface area contributed by atoms with Crippen molar-refractivity contribution in [3.8, 4) is 0 Å². The minimum atomic E-state index is -4.46. The van der Waals surface area contributed by atoms with Crippen LogP contribution in [0.1, 0.15) is 6.92 Å². The Morgan fingerprint density at radius 1 is 1.38 bits per heavy atom. The number of allylic oxidation sites excluding steroid dienone is 6. The maximum atomic E-state index is 12.6. The Labute approximate surface area is 91.9 Å². The van der Waals surface area contributed by atoms with Crippen LogP contribution in [-0.2, 0) is 4.74 Å². The van der Waals surface area contributed by atoms with E-state index < -0.39 is 17.5 Å². The van der Waals surface area contributed by atoms with Crippen molar-refractivity contribution in [3.63, 3.8) is 0 Å². The van der Waals surface area contributed by atoms with Crippen LogP contribution < -0.4 is 0 Å². The van der Waals surface area contributed by atoms with Crippen LogP contribution in [0.3, 0.4) is 0 Å². The molecule has 0 radical (unpaired) electrons. The molecule has 0 fully saturated rings. The van der Waals surface area contributed by atoms with Crippen LogP contribution in [0.2, 0.25) is 0 Å². The second-order valence-corrected chi connectivity index (χ2v) is 3.10. The first-order valence-corrected chi connectivity index (χ1v) is 4.55. The molecule has 1 nitrogen and oxygen atoms in total. The third kappa shape index (κ3) is 2.45. The van der Waals surface area contributed by atoms with Gasteiger partial charge in [-0.05, 0) is 19.1 Å². The Kier molecular flexibility index (Phi) is 3.42. The summed E-state index contributed by atoms with van der Waals surface area (Å²) in [6.45, 7) is 8.41. The lowest BCUT2D eigenvalue weighted by atomic mass is 10.0. The number of hydrogen-bond donors (Lipinski definition) is 0. The summed E-state index contributed by atoms with van der Waals surface area (Å²) in [6.07, 6.45) is 1.04. The Morgan fingerprint density at radius 3 is 2.44 bits per heavy atom. The first kappa shape index (κ1) is 12.4. The van der Waals surface area contributed by atoms with Gasteiger partial charge in [-0.15, -0.1) is 0 Å². The molecule has 0 spiro atoms. The van der Waals surface area contributed by atoms with Crippen molar-refractivity contribution in [2.24, 2.45) is 0 Å². The lowest BCUT2D eigenvalue weighted by Crippen LogP contribution is -2.17. The highest BCUT2D eigenvalue weighted by atomic mass is 19.4. The van der Waals surface area contributed by atoms with E-state index in [0.717, 1.165) is 6.08 Å². The average Bonchev–Trinajstić information content (AvgIpc) is 2.18. The molecule has 1 heterocycles. The van der Waals surface area contributed by atoms with Gasteiger partial charge in [0.25, 0.3) is 0 Å². The quantitative estimate of drug-likeness (QED) is 0.693. The molecule has 16 heavy (non-hydrogen) atoms. The van der Waals surface area contributed by atoms with Gasteiger partial charge in [0.2, 0.25) is 0 Å². The van der Waals surface area contributed by atoms with Crippen LogP contribution in [0.5, 0.6) is 0 Å². The van der Waals surface area contributed by atoms with Crippen LogP contribution in [0.25, 0.3) is 0 Å². The van der Waals surface area contributed by atoms with E-state index in [-0.39, 0.29) is 5.76 Å². The molecule has 1 rings (SSSR count). The predicted molar refractivity (Wildman–Crippen MR) is 56.4 cm³/mol. The largest absolute Gasteiger partial charge is 0.457 e. The van der Waals surface area contributed by atoms with Crippen molar-refractivity contribution in [1.82, 2.24) is 0 Å². The summed E-state index contributed by atoms with van der Waals surface area (Å²) in [5, 5.41) is 0. The molecule has 1 aliphatic rings. The Bertz CT molecular complexity index is 408. The zero-order valence-corrected chi connectivity index (χ0v) is 8.77. The van der Waals surface area contributed by atoms with Gasteiger partial charge in [-0.25, -0.2) is 0 Å². The minimum absolute atomic E-state index is 0.274. The van der Waals surface area contributed by atoms with Gasteiger partial charge in [-0.3, -0.25) is 0 Å². The molecule has 4 heteroatoms. The van der Waals surface area contributed by atoms with E-state index in [0.29, 0.717) is 5.57 Å². The molecule has 0 aliphatic carbocycles. The smallest absolute Gasteiger partial charge is 0.419 e. The fraction of sp³-hybridized carbons (Fsp3) is 0.167. The van der Waals surface area contributed by atoms with E-state index in [4.69, 9.17) is 4.74 Å². The third-order valence-electron chi connectivity index (χ3n) is 1.95. The molecule has 0 unspecified atom stereocenters. The number of hydrogen-bond acceptors (Lipinski definition) is 1.